The van der Waals surface area contributed by atoms with Crippen molar-refractivity contribution < 1.29 is 28.3 Å². The molecule has 2 aromatic rings. The molecule has 0 saturated carbocycles. The van der Waals surface area contributed by atoms with Gasteiger partial charge in [-0.2, -0.15) is 13.2 Å². The fraction of sp³-hybridized carbons (Fsp3) is 0.211. The standard InChI is InChI=1S/C19H19F3N2O3/c1-11(24-27)17(12(2)25)23-18(26)14-8-6-13(7-9-14)15-4-3-5-16(10-15)19(20,21)22/h3-10,12,17,24-25,27H,1H2,2H3,(H,23,26)/t12-,17-/m0/s1. The van der Waals surface area contributed by atoms with E-state index in [1.54, 1.807) is 11.5 Å². The molecule has 2 aromatic carbocycles. The zero-order valence-electron chi connectivity index (χ0n) is 14.4. The Bertz CT molecular complexity index is 818. The predicted octanol–water partition coefficient (Wildman–Crippen LogP) is 3.34. The topological polar surface area (TPSA) is 81.6 Å². The monoisotopic (exact) mass is 380 g/mol. The van der Waals surface area contributed by atoms with Crippen molar-refractivity contribution in [1.82, 2.24) is 10.8 Å². The lowest BCUT2D eigenvalue weighted by Gasteiger charge is -2.22. The first kappa shape index (κ1) is 20.5. The predicted molar refractivity (Wildman–Crippen MR) is 93.9 cm³/mol. The van der Waals surface area contributed by atoms with Gasteiger partial charge in [-0.05, 0) is 42.3 Å². The van der Waals surface area contributed by atoms with Crippen LogP contribution in [0, 0.1) is 0 Å². The first-order valence-corrected chi connectivity index (χ1v) is 7.99. The summed E-state index contributed by atoms with van der Waals surface area (Å²) in [7, 11) is 0. The van der Waals surface area contributed by atoms with Crippen LogP contribution in [-0.2, 0) is 6.18 Å². The molecule has 0 fully saturated rings. The maximum absolute atomic E-state index is 12.8. The van der Waals surface area contributed by atoms with Gasteiger partial charge in [0.2, 0.25) is 0 Å². The lowest BCUT2D eigenvalue weighted by atomic mass is 10.0. The SMILES string of the molecule is C=C(NO)[C@H](NC(=O)c1ccc(-c2cccc(C(F)(F)F)c2)cc1)[C@H](C)O. The summed E-state index contributed by atoms with van der Waals surface area (Å²) in [4.78, 5) is 12.3. The zero-order valence-corrected chi connectivity index (χ0v) is 14.4. The normalized spacial score (nSPS) is 13.6. The molecule has 0 unspecified atom stereocenters. The number of benzene rings is 2. The Morgan fingerprint density at radius 2 is 1.74 bits per heavy atom. The van der Waals surface area contributed by atoms with Crippen LogP contribution >= 0.6 is 0 Å². The van der Waals surface area contributed by atoms with Crippen molar-refractivity contribution in [1.29, 1.82) is 0 Å². The molecule has 8 heteroatoms. The van der Waals surface area contributed by atoms with Crippen molar-refractivity contribution in [2.75, 3.05) is 0 Å². The number of aliphatic hydroxyl groups excluding tert-OH is 1. The van der Waals surface area contributed by atoms with Gasteiger partial charge in [0.05, 0.1) is 23.4 Å². The molecule has 0 radical (unpaired) electrons. The highest BCUT2D eigenvalue weighted by Gasteiger charge is 2.30. The van der Waals surface area contributed by atoms with Gasteiger partial charge in [0.25, 0.3) is 5.91 Å². The van der Waals surface area contributed by atoms with Gasteiger partial charge in [0.1, 0.15) is 0 Å². The zero-order chi connectivity index (χ0) is 20.2. The average molecular weight is 380 g/mol. The maximum Gasteiger partial charge on any atom is 0.416 e. The van der Waals surface area contributed by atoms with Gasteiger partial charge in [-0.1, -0.05) is 30.8 Å². The molecule has 27 heavy (non-hydrogen) atoms. The van der Waals surface area contributed by atoms with Crippen molar-refractivity contribution in [2.24, 2.45) is 0 Å². The molecule has 2 atom stereocenters. The summed E-state index contributed by atoms with van der Waals surface area (Å²) in [5.74, 6) is -0.534. The number of amides is 1. The van der Waals surface area contributed by atoms with E-state index in [4.69, 9.17) is 5.21 Å². The Balaban J connectivity index is 2.20. The Morgan fingerprint density at radius 1 is 1.11 bits per heavy atom. The van der Waals surface area contributed by atoms with Crippen LogP contribution in [0.4, 0.5) is 13.2 Å². The number of hydrogen-bond donors (Lipinski definition) is 4. The molecule has 4 N–H and O–H groups in total. The second-order valence-corrected chi connectivity index (χ2v) is 5.98. The number of rotatable bonds is 6. The van der Waals surface area contributed by atoms with E-state index < -0.39 is 29.8 Å². The fourth-order valence-electron chi connectivity index (χ4n) is 2.48. The maximum atomic E-state index is 12.8. The number of halogens is 3. The molecule has 5 nitrogen and oxygen atoms in total. The van der Waals surface area contributed by atoms with E-state index >= 15 is 0 Å². The molecule has 1 amide bonds. The van der Waals surface area contributed by atoms with E-state index in [0.717, 1.165) is 12.1 Å². The molecule has 144 valence electrons. The number of carbonyl (C=O) groups is 1. The van der Waals surface area contributed by atoms with E-state index in [9.17, 15) is 23.1 Å². The Morgan fingerprint density at radius 3 is 2.26 bits per heavy atom. The highest BCUT2D eigenvalue weighted by Crippen LogP contribution is 2.32. The molecule has 0 heterocycles. The molecular weight excluding hydrogens is 361 g/mol. The van der Waals surface area contributed by atoms with Crippen molar-refractivity contribution in [3.8, 4) is 11.1 Å². The lowest BCUT2D eigenvalue weighted by molar-refractivity contribution is -0.137. The minimum absolute atomic E-state index is 0.0129. The van der Waals surface area contributed by atoms with Crippen LogP contribution in [0.15, 0.2) is 60.8 Å². The van der Waals surface area contributed by atoms with Crippen LogP contribution in [0.5, 0.6) is 0 Å². The largest absolute Gasteiger partial charge is 0.416 e. The molecule has 2 rings (SSSR count). The van der Waals surface area contributed by atoms with Gasteiger partial charge in [-0.15, -0.1) is 0 Å². The summed E-state index contributed by atoms with van der Waals surface area (Å²) in [6, 6.07) is 9.94. The fourth-order valence-corrected chi connectivity index (χ4v) is 2.48. The van der Waals surface area contributed by atoms with Crippen LogP contribution < -0.4 is 10.8 Å². The highest BCUT2D eigenvalue weighted by atomic mass is 19.4. The smallest absolute Gasteiger partial charge is 0.391 e. The first-order chi connectivity index (χ1) is 12.6. The van der Waals surface area contributed by atoms with Crippen molar-refractivity contribution in [2.45, 2.75) is 25.2 Å². The first-order valence-electron chi connectivity index (χ1n) is 7.99. The highest BCUT2D eigenvalue weighted by molar-refractivity contribution is 5.95. The van der Waals surface area contributed by atoms with Gasteiger partial charge >= 0.3 is 6.18 Å². The van der Waals surface area contributed by atoms with E-state index in [0.29, 0.717) is 11.1 Å². The van der Waals surface area contributed by atoms with Crippen LogP contribution in [0.3, 0.4) is 0 Å². The van der Waals surface area contributed by atoms with E-state index in [1.807, 2.05) is 0 Å². The quantitative estimate of drug-likeness (QED) is 0.580. The molecular formula is C19H19F3N2O3. The summed E-state index contributed by atoms with van der Waals surface area (Å²) in [5, 5.41) is 21.1. The summed E-state index contributed by atoms with van der Waals surface area (Å²) in [5.41, 5.74) is 2.18. The number of carbonyl (C=O) groups excluding carboxylic acids is 1. The van der Waals surface area contributed by atoms with E-state index in [2.05, 4.69) is 11.9 Å². The Kier molecular flexibility index (Phi) is 6.24. The number of nitrogens with one attached hydrogen (secondary N) is 2. The van der Waals surface area contributed by atoms with Crippen LogP contribution in [0.25, 0.3) is 11.1 Å². The summed E-state index contributed by atoms with van der Waals surface area (Å²) in [6.45, 7) is 4.92. The minimum Gasteiger partial charge on any atom is -0.391 e. The molecule has 0 aliphatic rings. The number of aliphatic hydroxyl groups is 1. The minimum atomic E-state index is -4.44. The molecule has 0 aromatic heterocycles. The Labute approximate surface area is 154 Å². The molecule has 0 aliphatic heterocycles. The van der Waals surface area contributed by atoms with Gasteiger partial charge in [-0.25, -0.2) is 0 Å². The van der Waals surface area contributed by atoms with Crippen molar-refractivity contribution in [3.05, 3.63) is 71.9 Å². The molecule has 0 spiro atoms. The van der Waals surface area contributed by atoms with Gasteiger partial charge < -0.3 is 10.4 Å². The lowest BCUT2D eigenvalue weighted by Crippen LogP contribution is -2.46. The van der Waals surface area contributed by atoms with E-state index in [-0.39, 0.29) is 11.3 Å². The van der Waals surface area contributed by atoms with Crippen molar-refractivity contribution >= 4 is 5.91 Å². The van der Waals surface area contributed by atoms with Gasteiger partial charge in [-0.3, -0.25) is 15.5 Å². The second kappa shape index (κ2) is 8.24. The second-order valence-electron chi connectivity index (χ2n) is 5.98. The number of hydrogen-bond acceptors (Lipinski definition) is 4. The van der Waals surface area contributed by atoms with Crippen molar-refractivity contribution in [3.63, 3.8) is 0 Å². The number of hydroxylamine groups is 1. The van der Waals surface area contributed by atoms with Gasteiger partial charge in [0.15, 0.2) is 0 Å². The van der Waals surface area contributed by atoms with Crippen LogP contribution in [-0.4, -0.2) is 28.4 Å². The summed E-state index contributed by atoms with van der Waals surface area (Å²) in [6.07, 6.45) is -5.44. The molecule has 0 saturated heterocycles. The summed E-state index contributed by atoms with van der Waals surface area (Å²) < 4.78 is 38.5. The third-order valence-corrected chi connectivity index (χ3v) is 3.96. The third-order valence-electron chi connectivity index (χ3n) is 3.96. The van der Waals surface area contributed by atoms with E-state index in [1.165, 1.54) is 37.3 Å². The van der Waals surface area contributed by atoms with Gasteiger partial charge in [0, 0.05) is 5.56 Å². The molecule has 0 aliphatic carbocycles. The number of alkyl halides is 3. The summed E-state index contributed by atoms with van der Waals surface area (Å²) >= 11 is 0. The average Bonchev–Trinajstić information content (AvgIpc) is 2.64. The third kappa shape index (κ3) is 5.08. The van der Waals surface area contributed by atoms with Crippen LogP contribution in [0.1, 0.15) is 22.8 Å². The van der Waals surface area contributed by atoms with Crippen LogP contribution in [0.2, 0.25) is 0 Å². The molecule has 0 bridgehead atoms. The Hall–Kier alpha value is -2.84.